The van der Waals surface area contributed by atoms with Gasteiger partial charge in [0.1, 0.15) is 0 Å². The SMILES string of the molecule is NC(=NCCOCc1ccccc1)NC(=S)NCCc1ncccc1Cl. The highest BCUT2D eigenvalue weighted by Crippen LogP contribution is 2.11. The largest absolute Gasteiger partial charge is 0.375 e. The topological polar surface area (TPSA) is 84.6 Å². The fourth-order valence-corrected chi connectivity index (χ4v) is 2.51. The summed E-state index contributed by atoms with van der Waals surface area (Å²) >= 11 is 11.2. The molecule has 0 radical (unpaired) electrons. The highest BCUT2D eigenvalue weighted by molar-refractivity contribution is 7.80. The molecule has 1 heterocycles. The zero-order valence-corrected chi connectivity index (χ0v) is 15.9. The molecule has 0 unspecified atom stereocenters. The van der Waals surface area contributed by atoms with Crippen LogP contribution in [0.2, 0.25) is 5.02 Å². The summed E-state index contributed by atoms with van der Waals surface area (Å²) in [4.78, 5) is 8.39. The quantitative estimate of drug-likeness (QED) is 0.277. The van der Waals surface area contributed by atoms with Crippen LogP contribution in [0.3, 0.4) is 0 Å². The lowest BCUT2D eigenvalue weighted by atomic mass is 10.2. The molecule has 0 bridgehead atoms. The standard InChI is InChI=1S/C18H22ClN5OS/c19-15-7-4-9-21-16(15)8-10-23-18(26)24-17(20)22-11-12-25-13-14-5-2-1-3-6-14/h1-7,9H,8,10-13H2,(H4,20,22,23,24,26). The number of thiocarbonyl (C=S) groups is 1. The van der Waals surface area contributed by atoms with E-state index in [1.165, 1.54) is 0 Å². The first-order valence-corrected chi connectivity index (χ1v) is 8.99. The smallest absolute Gasteiger partial charge is 0.194 e. The maximum Gasteiger partial charge on any atom is 0.194 e. The van der Waals surface area contributed by atoms with Crippen molar-refractivity contribution in [3.05, 3.63) is 64.9 Å². The molecule has 0 atom stereocenters. The van der Waals surface area contributed by atoms with Crippen molar-refractivity contribution in [2.75, 3.05) is 19.7 Å². The molecule has 1 aromatic carbocycles. The predicted octanol–water partition coefficient (Wildman–Crippen LogP) is 2.27. The van der Waals surface area contributed by atoms with Gasteiger partial charge in [-0.1, -0.05) is 41.9 Å². The highest BCUT2D eigenvalue weighted by Gasteiger charge is 2.02. The number of hydrogen-bond donors (Lipinski definition) is 3. The maximum absolute atomic E-state index is 6.06. The third-order valence-corrected chi connectivity index (χ3v) is 3.94. The molecule has 6 nitrogen and oxygen atoms in total. The Bertz CT molecular complexity index is 727. The monoisotopic (exact) mass is 391 g/mol. The number of aromatic nitrogens is 1. The van der Waals surface area contributed by atoms with Gasteiger partial charge in [0.05, 0.1) is 30.5 Å². The number of aliphatic imine (C=N–C) groups is 1. The molecule has 0 aliphatic heterocycles. The van der Waals surface area contributed by atoms with E-state index in [-0.39, 0.29) is 5.96 Å². The van der Waals surface area contributed by atoms with E-state index >= 15 is 0 Å². The molecule has 1 aromatic heterocycles. The second-order valence-electron chi connectivity index (χ2n) is 5.37. The van der Waals surface area contributed by atoms with Gasteiger partial charge in [0.2, 0.25) is 0 Å². The van der Waals surface area contributed by atoms with Crippen molar-refractivity contribution in [2.24, 2.45) is 10.7 Å². The second kappa shape index (κ2) is 11.4. The average molecular weight is 392 g/mol. The van der Waals surface area contributed by atoms with Crippen molar-refractivity contribution in [1.82, 2.24) is 15.6 Å². The first-order chi connectivity index (χ1) is 12.6. The van der Waals surface area contributed by atoms with E-state index in [0.717, 1.165) is 11.3 Å². The van der Waals surface area contributed by atoms with Crippen molar-refractivity contribution < 1.29 is 4.74 Å². The summed E-state index contributed by atoms with van der Waals surface area (Å²) in [6, 6.07) is 13.6. The van der Waals surface area contributed by atoms with Crippen LogP contribution >= 0.6 is 23.8 Å². The van der Waals surface area contributed by atoms with Gasteiger partial charge in [0.15, 0.2) is 11.1 Å². The van der Waals surface area contributed by atoms with Crippen molar-refractivity contribution >= 4 is 34.9 Å². The van der Waals surface area contributed by atoms with Gasteiger partial charge in [-0.05, 0) is 29.9 Å². The summed E-state index contributed by atoms with van der Waals surface area (Å²) in [7, 11) is 0. The van der Waals surface area contributed by atoms with E-state index in [1.807, 2.05) is 36.4 Å². The summed E-state index contributed by atoms with van der Waals surface area (Å²) in [6.45, 7) is 2.09. The van der Waals surface area contributed by atoms with Crippen LogP contribution in [0.15, 0.2) is 53.7 Å². The van der Waals surface area contributed by atoms with Crippen molar-refractivity contribution in [3.8, 4) is 0 Å². The van der Waals surface area contributed by atoms with Crippen molar-refractivity contribution in [1.29, 1.82) is 0 Å². The van der Waals surface area contributed by atoms with Gasteiger partial charge in [-0.3, -0.25) is 9.98 Å². The molecular weight excluding hydrogens is 370 g/mol. The van der Waals surface area contributed by atoms with Crippen molar-refractivity contribution in [3.63, 3.8) is 0 Å². The Kier molecular flexibility index (Phi) is 8.82. The third kappa shape index (κ3) is 7.77. The molecule has 0 aliphatic carbocycles. The molecule has 0 fully saturated rings. The number of pyridine rings is 1. The molecule has 0 amide bonds. The lowest BCUT2D eigenvalue weighted by Gasteiger charge is -2.10. The molecule has 4 N–H and O–H groups in total. The Morgan fingerprint density at radius 3 is 2.81 bits per heavy atom. The number of guanidine groups is 1. The van der Waals surface area contributed by atoms with E-state index < -0.39 is 0 Å². The van der Waals surface area contributed by atoms with Crippen LogP contribution in [0.1, 0.15) is 11.3 Å². The number of nitrogens with one attached hydrogen (secondary N) is 2. The summed E-state index contributed by atoms with van der Waals surface area (Å²) in [5.41, 5.74) is 7.74. The summed E-state index contributed by atoms with van der Waals surface area (Å²) in [5, 5.41) is 6.92. The Morgan fingerprint density at radius 2 is 2.04 bits per heavy atom. The Labute approximate surface area is 163 Å². The van der Waals surface area contributed by atoms with Crippen LogP contribution in [0.4, 0.5) is 0 Å². The minimum Gasteiger partial charge on any atom is -0.375 e. The normalized spacial score (nSPS) is 11.2. The molecule has 138 valence electrons. The van der Waals surface area contributed by atoms with Crippen LogP contribution in [-0.4, -0.2) is 35.8 Å². The van der Waals surface area contributed by atoms with E-state index in [2.05, 4.69) is 20.6 Å². The van der Waals surface area contributed by atoms with Gasteiger partial charge in [0, 0.05) is 19.2 Å². The van der Waals surface area contributed by atoms with Gasteiger partial charge in [-0.25, -0.2) is 0 Å². The van der Waals surface area contributed by atoms with Crippen LogP contribution in [0, 0.1) is 0 Å². The molecule has 26 heavy (non-hydrogen) atoms. The Balaban J connectivity index is 1.59. The summed E-state index contributed by atoms with van der Waals surface area (Å²) in [6.07, 6.45) is 2.37. The fraction of sp³-hybridized carbons (Fsp3) is 0.278. The minimum absolute atomic E-state index is 0.252. The molecule has 2 rings (SSSR count). The minimum atomic E-state index is 0.252. The van der Waals surface area contributed by atoms with Gasteiger partial charge in [-0.15, -0.1) is 0 Å². The van der Waals surface area contributed by atoms with Gasteiger partial charge in [-0.2, -0.15) is 0 Å². The van der Waals surface area contributed by atoms with Crippen LogP contribution in [0.5, 0.6) is 0 Å². The van der Waals surface area contributed by atoms with E-state index in [1.54, 1.807) is 12.3 Å². The fourth-order valence-electron chi connectivity index (χ4n) is 2.09. The zero-order valence-electron chi connectivity index (χ0n) is 14.3. The van der Waals surface area contributed by atoms with Gasteiger partial charge < -0.3 is 21.1 Å². The molecule has 0 saturated carbocycles. The highest BCUT2D eigenvalue weighted by atomic mass is 35.5. The maximum atomic E-state index is 6.06. The molecular formula is C18H22ClN5OS. The first-order valence-electron chi connectivity index (χ1n) is 8.21. The first kappa shape index (κ1) is 20.1. The molecule has 8 heteroatoms. The number of nitrogens with zero attached hydrogens (tertiary/aromatic N) is 2. The van der Waals surface area contributed by atoms with Crippen molar-refractivity contribution in [2.45, 2.75) is 13.0 Å². The lowest BCUT2D eigenvalue weighted by molar-refractivity contribution is 0.128. The average Bonchev–Trinajstić information content (AvgIpc) is 2.64. The van der Waals surface area contributed by atoms with E-state index in [9.17, 15) is 0 Å². The lowest BCUT2D eigenvalue weighted by Crippen LogP contribution is -2.44. The van der Waals surface area contributed by atoms with Crippen LogP contribution in [0.25, 0.3) is 0 Å². The number of halogens is 1. The van der Waals surface area contributed by atoms with Gasteiger partial charge >= 0.3 is 0 Å². The van der Waals surface area contributed by atoms with Gasteiger partial charge in [0.25, 0.3) is 0 Å². The molecule has 0 spiro atoms. The number of hydrogen-bond acceptors (Lipinski definition) is 4. The number of nitrogens with two attached hydrogens (primary N) is 1. The third-order valence-electron chi connectivity index (χ3n) is 3.35. The molecule has 2 aromatic rings. The Hall–Kier alpha value is -2.22. The number of ether oxygens (including phenoxy) is 1. The summed E-state index contributed by atoms with van der Waals surface area (Å²) in [5.74, 6) is 0.252. The van der Waals surface area contributed by atoms with E-state index in [0.29, 0.717) is 42.9 Å². The number of rotatable bonds is 8. The Morgan fingerprint density at radius 1 is 1.23 bits per heavy atom. The van der Waals surface area contributed by atoms with Crippen LogP contribution in [-0.2, 0) is 17.8 Å². The second-order valence-corrected chi connectivity index (χ2v) is 6.18. The van der Waals surface area contributed by atoms with E-state index in [4.69, 9.17) is 34.3 Å². The predicted molar refractivity (Wildman–Crippen MR) is 109 cm³/mol. The number of benzene rings is 1. The van der Waals surface area contributed by atoms with Crippen LogP contribution < -0.4 is 16.4 Å². The zero-order chi connectivity index (χ0) is 18.6. The molecule has 0 saturated heterocycles. The summed E-state index contributed by atoms with van der Waals surface area (Å²) < 4.78 is 5.54. The molecule has 0 aliphatic rings.